The highest BCUT2D eigenvalue weighted by atomic mass is 16.6. The summed E-state index contributed by atoms with van der Waals surface area (Å²) in [6, 6.07) is 6.88. The molecular weight excluding hydrogens is 326 g/mol. The Hall–Kier alpha value is -2.67. The Balaban J connectivity index is 1.72. The summed E-state index contributed by atoms with van der Waals surface area (Å²) in [5, 5.41) is 0. The maximum Gasteiger partial charge on any atom is 0.302 e. The first kappa shape index (κ1) is 15.8. The number of nitrogens with zero attached hydrogens (tertiary/aromatic N) is 1. The molecule has 130 valence electrons. The number of anilines is 1. The molecule has 4 rings (SSSR count). The van der Waals surface area contributed by atoms with Crippen molar-refractivity contribution in [3.8, 4) is 5.75 Å². The Labute approximate surface area is 144 Å². The average molecular weight is 343 g/mol. The number of carbonyl (C=O) groups excluding carboxylic acids is 3. The van der Waals surface area contributed by atoms with E-state index in [-0.39, 0.29) is 18.4 Å². The molecule has 25 heavy (non-hydrogen) atoms. The average Bonchev–Trinajstić information content (AvgIpc) is 3.24. The number of benzene rings is 1. The Morgan fingerprint density at radius 1 is 1.28 bits per heavy atom. The molecule has 4 atom stereocenters. The number of hydrogen-bond donors (Lipinski definition) is 0. The van der Waals surface area contributed by atoms with Gasteiger partial charge in [-0.25, -0.2) is 4.90 Å². The van der Waals surface area contributed by atoms with Crippen LogP contribution in [0.15, 0.2) is 36.4 Å². The zero-order valence-corrected chi connectivity index (χ0v) is 13.8. The number of amides is 2. The van der Waals surface area contributed by atoms with Gasteiger partial charge in [-0.2, -0.15) is 0 Å². The number of methoxy groups -OCH3 is 1. The van der Waals surface area contributed by atoms with Crippen LogP contribution in [0.5, 0.6) is 5.75 Å². The molecule has 0 spiro atoms. The van der Waals surface area contributed by atoms with Gasteiger partial charge in [-0.3, -0.25) is 14.4 Å². The van der Waals surface area contributed by atoms with Gasteiger partial charge in [0.05, 0.1) is 30.7 Å². The van der Waals surface area contributed by atoms with Gasteiger partial charge in [-0.1, -0.05) is 18.2 Å². The molecule has 3 heterocycles. The summed E-state index contributed by atoms with van der Waals surface area (Å²) in [5.74, 6) is -2.02. The normalized spacial score (nSPS) is 32.2. The highest BCUT2D eigenvalue weighted by Crippen LogP contribution is 2.53. The third-order valence-corrected chi connectivity index (χ3v) is 4.98. The predicted octanol–water partition coefficient (Wildman–Crippen LogP) is 1.07. The molecule has 2 amide bonds. The van der Waals surface area contributed by atoms with Crippen LogP contribution in [0.2, 0.25) is 0 Å². The number of carbonyl (C=O) groups is 3. The topological polar surface area (TPSA) is 82.1 Å². The lowest BCUT2D eigenvalue weighted by Crippen LogP contribution is -2.44. The Kier molecular flexibility index (Phi) is 3.43. The van der Waals surface area contributed by atoms with E-state index < -0.39 is 29.5 Å². The van der Waals surface area contributed by atoms with E-state index in [9.17, 15) is 14.4 Å². The number of para-hydroxylation sites is 2. The first-order chi connectivity index (χ1) is 12.0. The van der Waals surface area contributed by atoms with E-state index in [1.165, 1.54) is 18.9 Å². The zero-order valence-electron chi connectivity index (χ0n) is 13.8. The smallest absolute Gasteiger partial charge is 0.302 e. The molecule has 0 N–H and O–H groups in total. The lowest BCUT2D eigenvalue weighted by molar-refractivity contribution is -0.150. The maximum absolute atomic E-state index is 13.1. The highest BCUT2D eigenvalue weighted by Gasteiger charge is 2.68. The van der Waals surface area contributed by atoms with E-state index in [1.54, 1.807) is 36.4 Å². The summed E-state index contributed by atoms with van der Waals surface area (Å²) in [6.45, 7) is 1.21. The van der Waals surface area contributed by atoms with Crippen molar-refractivity contribution in [3.05, 3.63) is 36.4 Å². The van der Waals surface area contributed by atoms with Crippen molar-refractivity contribution in [1.29, 1.82) is 0 Å². The van der Waals surface area contributed by atoms with Gasteiger partial charge in [-0.05, 0) is 18.2 Å². The minimum Gasteiger partial charge on any atom is -0.495 e. The lowest BCUT2D eigenvalue weighted by Gasteiger charge is -2.28. The second-order valence-electron chi connectivity index (χ2n) is 6.36. The second kappa shape index (κ2) is 5.42. The number of ether oxygens (including phenoxy) is 3. The minimum absolute atomic E-state index is 0.0880. The molecule has 2 bridgehead atoms. The third kappa shape index (κ3) is 2.12. The van der Waals surface area contributed by atoms with Crippen LogP contribution < -0.4 is 9.64 Å². The van der Waals surface area contributed by atoms with Gasteiger partial charge in [0.15, 0.2) is 0 Å². The maximum atomic E-state index is 13.1. The van der Waals surface area contributed by atoms with Crippen LogP contribution in [-0.4, -0.2) is 43.2 Å². The predicted molar refractivity (Wildman–Crippen MR) is 85.8 cm³/mol. The number of hydrogen-bond acceptors (Lipinski definition) is 6. The standard InChI is InChI=1S/C18H17NO6/c1-10(20)24-9-18-8-7-13(25-18)14-15(18)17(22)19(16(14)21)11-5-3-4-6-12(11)23-2/h3-8,13-15H,9H2,1-2H3/t13-,14-,15-,18+/m1/s1. The van der Waals surface area contributed by atoms with Crippen molar-refractivity contribution in [2.45, 2.75) is 18.6 Å². The molecule has 2 saturated heterocycles. The molecule has 0 aromatic heterocycles. The number of fused-ring (bicyclic) bond motifs is 5. The largest absolute Gasteiger partial charge is 0.495 e. The first-order valence-corrected chi connectivity index (χ1v) is 8.00. The number of esters is 1. The van der Waals surface area contributed by atoms with Gasteiger partial charge < -0.3 is 14.2 Å². The minimum atomic E-state index is -1.08. The number of imide groups is 1. The van der Waals surface area contributed by atoms with Crippen molar-refractivity contribution < 1.29 is 28.6 Å². The lowest BCUT2D eigenvalue weighted by atomic mass is 9.77. The summed E-state index contributed by atoms with van der Waals surface area (Å²) in [4.78, 5) is 38.4. The fourth-order valence-corrected chi connectivity index (χ4v) is 3.93. The van der Waals surface area contributed by atoms with Crippen molar-refractivity contribution >= 4 is 23.5 Å². The molecule has 7 nitrogen and oxygen atoms in total. The van der Waals surface area contributed by atoms with Gasteiger partial charge in [-0.15, -0.1) is 0 Å². The van der Waals surface area contributed by atoms with E-state index >= 15 is 0 Å². The van der Waals surface area contributed by atoms with Crippen LogP contribution in [0.1, 0.15) is 6.92 Å². The second-order valence-corrected chi connectivity index (χ2v) is 6.36. The molecule has 3 aliphatic heterocycles. The van der Waals surface area contributed by atoms with Gasteiger partial charge in [0.25, 0.3) is 0 Å². The summed E-state index contributed by atoms with van der Waals surface area (Å²) in [6.07, 6.45) is 3.01. The molecular formula is C18H17NO6. The fourth-order valence-electron chi connectivity index (χ4n) is 3.93. The van der Waals surface area contributed by atoms with Crippen molar-refractivity contribution in [2.75, 3.05) is 18.6 Å². The molecule has 0 aliphatic carbocycles. The molecule has 1 aromatic rings. The van der Waals surface area contributed by atoms with Crippen molar-refractivity contribution in [3.63, 3.8) is 0 Å². The monoisotopic (exact) mass is 343 g/mol. The fraction of sp³-hybridized carbons (Fsp3) is 0.389. The van der Waals surface area contributed by atoms with Crippen LogP contribution in [0.3, 0.4) is 0 Å². The van der Waals surface area contributed by atoms with E-state index in [4.69, 9.17) is 14.2 Å². The first-order valence-electron chi connectivity index (χ1n) is 8.00. The molecule has 0 saturated carbocycles. The quantitative estimate of drug-likeness (QED) is 0.462. The molecule has 7 heteroatoms. The SMILES string of the molecule is COc1ccccc1N1C(=O)[C@@H]2[C@H]3C=C[C@@](COC(C)=O)(O3)[C@H]2C1=O. The Morgan fingerprint density at radius 3 is 2.76 bits per heavy atom. The van der Waals surface area contributed by atoms with Crippen LogP contribution in [0.4, 0.5) is 5.69 Å². The molecule has 3 aliphatic rings. The third-order valence-electron chi connectivity index (χ3n) is 4.98. The van der Waals surface area contributed by atoms with Crippen molar-refractivity contribution in [2.24, 2.45) is 11.8 Å². The van der Waals surface area contributed by atoms with E-state index in [2.05, 4.69) is 0 Å². The Morgan fingerprint density at radius 2 is 2.04 bits per heavy atom. The molecule has 0 radical (unpaired) electrons. The Bertz CT molecular complexity index is 803. The summed E-state index contributed by atoms with van der Waals surface area (Å²) >= 11 is 0. The van der Waals surface area contributed by atoms with Crippen LogP contribution in [0, 0.1) is 11.8 Å². The summed E-state index contributed by atoms with van der Waals surface area (Å²) < 4.78 is 16.3. The van der Waals surface area contributed by atoms with Gasteiger partial charge in [0.1, 0.15) is 18.0 Å². The van der Waals surface area contributed by atoms with E-state index in [0.29, 0.717) is 11.4 Å². The van der Waals surface area contributed by atoms with Crippen LogP contribution >= 0.6 is 0 Å². The van der Waals surface area contributed by atoms with Crippen molar-refractivity contribution in [1.82, 2.24) is 0 Å². The van der Waals surface area contributed by atoms with E-state index in [0.717, 1.165) is 0 Å². The van der Waals surface area contributed by atoms with Crippen LogP contribution in [0.25, 0.3) is 0 Å². The van der Waals surface area contributed by atoms with Gasteiger partial charge in [0, 0.05) is 6.92 Å². The number of rotatable bonds is 4. The highest BCUT2D eigenvalue weighted by molar-refractivity contribution is 6.24. The van der Waals surface area contributed by atoms with Gasteiger partial charge >= 0.3 is 5.97 Å². The molecule has 1 aromatic carbocycles. The summed E-state index contributed by atoms with van der Waals surface area (Å²) in [7, 11) is 1.49. The summed E-state index contributed by atoms with van der Waals surface area (Å²) in [5.41, 5.74) is -0.665. The molecule has 0 unspecified atom stereocenters. The molecule has 2 fully saturated rings. The van der Waals surface area contributed by atoms with Crippen LogP contribution in [-0.2, 0) is 23.9 Å². The van der Waals surface area contributed by atoms with Gasteiger partial charge in [0.2, 0.25) is 11.8 Å². The van der Waals surface area contributed by atoms with E-state index in [1.807, 2.05) is 0 Å². The zero-order chi connectivity index (χ0) is 17.8.